The van der Waals surface area contributed by atoms with Crippen LogP contribution in [0.3, 0.4) is 0 Å². The van der Waals surface area contributed by atoms with E-state index >= 15 is 0 Å². The Balaban J connectivity index is 2.39. The number of carbonyl (C=O) groups excluding carboxylic acids is 1. The van der Waals surface area contributed by atoms with Gasteiger partial charge in [-0.15, -0.1) is 0 Å². The Morgan fingerprint density at radius 1 is 1.17 bits per heavy atom. The lowest BCUT2D eigenvalue weighted by molar-refractivity contribution is 0.112. The smallest absolute Gasteiger partial charge is 0.153 e. The highest BCUT2D eigenvalue weighted by Crippen LogP contribution is 2.30. The molecule has 0 fully saturated rings. The van der Waals surface area contributed by atoms with Gasteiger partial charge in [0, 0.05) is 6.07 Å². The number of aromatic hydroxyl groups is 1. The lowest BCUT2D eigenvalue weighted by Gasteiger charge is -2.10. The van der Waals surface area contributed by atoms with Crippen molar-refractivity contribution in [2.24, 2.45) is 0 Å². The van der Waals surface area contributed by atoms with E-state index in [0.29, 0.717) is 23.2 Å². The molecule has 0 unspecified atom stereocenters. The molecule has 2 rings (SSSR count). The van der Waals surface area contributed by atoms with Gasteiger partial charge in [0.1, 0.15) is 23.1 Å². The van der Waals surface area contributed by atoms with Crippen LogP contribution in [0.2, 0.25) is 0 Å². The first kappa shape index (κ1) is 12.1. The first-order valence-electron chi connectivity index (χ1n) is 5.32. The van der Waals surface area contributed by atoms with Crippen LogP contribution >= 0.6 is 0 Å². The lowest BCUT2D eigenvalue weighted by Crippen LogP contribution is -1.92. The minimum Gasteiger partial charge on any atom is -0.508 e. The van der Waals surface area contributed by atoms with Gasteiger partial charge in [0.15, 0.2) is 6.29 Å². The molecule has 0 atom stereocenters. The molecule has 0 bridgehead atoms. The van der Waals surface area contributed by atoms with Crippen LogP contribution in [0, 0.1) is 12.7 Å². The second-order valence-corrected chi connectivity index (χ2v) is 3.85. The molecule has 0 saturated carbocycles. The lowest BCUT2D eigenvalue weighted by atomic mass is 10.2. The third-order valence-corrected chi connectivity index (χ3v) is 2.48. The summed E-state index contributed by atoms with van der Waals surface area (Å²) in [5, 5.41) is 9.37. The molecule has 2 aromatic carbocycles. The SMILES string of the molecule is Cc1cc(F)ccc1Oc1cc(O)ccc1C=O. The van der Waals surface area contributed by atoms with Crippen molar-refractivity contribution in [3.8, 4) is 17.2 Å². The van der Waals surface area contributed by atoms with E-state index in [1.165, 1.54) is 36.4 Å². The second kappa shape index (κ2) is 4.87. The third kappa shape index (κ3) is 2.48. The topological polar surface area (TPSA) is 46.5 Å². The Morgan fingerprint density at radius 2 is 1.94 bits per heavy atom. The predicted molar refractivity (Wildman–Crippen MR) is 64.7 cm³/mol. The summed E-state index contributed by atoms with van der Waals surface area (Å²) in [6, 6.07) is 8.27. The first-order valence-corrected chi connectivity index (χ1v) is 5.32. The van der Waals surface area contributed by atoms with E-state index in [1.54, 1.807) is 6.92 Å². The number of phenols is 1. The van der Waals surface area contributed by atoms with E-state index in [2.05, 4.69) is 0 Å². The Labute approximate surface area is 103 Å². The largest absolute Gasteiger partial charge is 0.508 e. The van der Waals surface area contributed by atoms with Gasteiger partial charge in [0.25, 0.3) is 0 Å². The number of aryl methyl sites for hydroxylation is 1. The molecule has 0 aliphatic carbocycles. The van der Waals surface area contributed by atoms with Crippen LogP contribution in [-0.2, 0) is 0 Å². The minimum atomic E-state index is -0.355. The molecule has 0 aliphatic rings. The molecule has 18 heavy (non-hydrogen) atoms. The Morgan fingerprint density at radius 3 is 2.61 bits per heavy atom. The maximum absolute atomic E-state index is 12.9. The van der Waals surface area contributed by atoms with Gasteiger partial charge in [0.05, 0.1) is 5.56 Å². The standard InChI is InChI=1S/C14H11FO3/c1-9-6-11(15)3-5-13(9)18-14-7-12(17)4-2-10(14)8-16/h2-8,17H,1H3. The summed E-state index contributed by atoms with van der Waals surface area (Å²) in [6.45, 7) is 1.70. The predicted octanol–water partition coefficient (Wildman–Crippen LogP) is 3.44. The van der Waals surface area contributed by atoms with Crippen LogP contribution in [0.4, 0.5) is 4.39 Å². The molecule has 0 aromatic heterocycles. The molecular formula is C14H11FO3. The Bertz CT molecular complexity index is 594. The molecule has 0 radical (unpaired) electrons. The molecule has 0 heterocycles. The summed E-state index contributed by atoms with van der Waals surface area (Å²) in [5.74, 6) is 0.312. The van der Waals surface area contributed by atoms with Crippen molar-refractivity contribution in [2.45, 2.75) is 6.92 Å². The summed E-state index contributed by atoms with van der Waals surface area (Å²) < 4.78 is 18.5. The molecule has 0 aliphatic heterocycles. The third-order valence-electron chi connectivity index (χ3n) is 2.48. The van der Waals surface area contributed by atoms with Crippen molar-refractivity contribution in [1.29, 1.82) is 0 Å². The quantitative estimate of drug-likeness (QED) is 0.844. The van der Waals surface area contributed by atoms with E-state index in [0.717, 1.165) is 0 Å². The van der Waals surface area contributed by atoms with Gasteiger partial charge in [-0.1, -0.05) is 0 Å². The van der Waals surface area contributed by atoms with Crippen LogP contribution in [0.15, 0.2) is 36.4 Å². The van der Waals surface area contributed by atoms with Gasteiger partial charge < -0.3 is 9.84 Å². The highest BCUT2D eigenvalue weighted by atomic mass is 19.1. The zero-order valence-corrected chi connectivity index (χ0v) is 9.68. The number of carbonyl (C=O) groups is 1. The molecular weight excluding hydrogens is 235 g/mol. The van der Waals surface area contributed by atoms with Gasteiger partial charge >= 0.3 is 0 Å². The van der Waals surface area contributed by atoms with Gasteiger partial charge in [0.2, 0.25) is 0 Å². The highest BCUT2D eigenvalue weighted by molar-refractivity contribution is 5.80. The van der Waals surface area contributed by atoms with Crippen molar-refractivity contribution in [2.75, 3.05) is 0 Å². The summed E-state index contributed by atoms with van der Waals surface area (Å²) in [6.07, 6.45) is 0.633. The van der Waals surface area contributed by atoms with Crippen molar-refractivity contribution in [1.82, 2.24) is 0 Å². The van der Waals surface area contributed by atoms with Crippen molar-refractivity contribution < 1.29 is 19.0 Å². The van der Waals surface area contributed by atoms with Crippen molar-refractivity contribution >= 4 is 6.29 Å². The van der Waals surface area contributed by atoms with E-state index in [4.69, 9.17) is 4.74 Å². The molecule has 0 spiro atoms. The zero-order chi connectivity index (χ0) is 13.1. The second-order valence-electron chi connectivity index (χ2n) is 3.85. The maximum atomic E-state index is 12.9. The molecule has 92 valence electrons. The zero-order valence-electron chi connectivity index (χ0n) is 9.68. The van der Waals surface area contributed by atoms with Crippen LogP contribution in [0.5, 0.6) is 17.2 Å². The number of halogens is 1. The van der Waals surface area contributed by atoms with E-state index in [1.807, 2.05) is 0 Å². The molecule has 2 aromatic rings. The summed E-state index contributed by atoms with van der Waals surface area (Å²) in [5.41, 5.74) is 0.923. The van der Waals surface area contributed by atoms with E-state index < -0.39 is 0 Å². The molecule has 3 nitrogen and oxygen atoms in total. The number of hydrogen-bond acceptors (Lipinski definition) is 3. The number of aldehydes is 1. The highest BCUT2D eigenvalue weighted by Gasteiger charge is 2.08. The number of benzene rings is 2. The Kier molecular flexibility index (Phi) is 3.28. The van der Waals surface area contributed by atoms with E-state index in [-0.39, 0.29) is 17.3 Å². The van der Waals surface area contributed by atoms with Crippen molar-refractivity contribution in [3.63, 3.8) is 0 Å². The number of hydrogen-bond donors (Lipinski definition) is 1. The minimum absolute atomic E-state index is 0.00429. The average molecular weight is 246 g/mol. The van der Waals surface area contributed by atoms with Crippen LogP contribution < -0.4 is 4.74 Å². The Hall–Kier alpha value is -2.36. The van der Waals surface area contributed by atoms with Gasteiger partial charge in [-0.05, 0) is 42.8 Å². The van der Waals surface area contributed by atoms with Gasteiger partial charge in [-0.2, -0.15) is 0 Å². The molecule has 0 saturated heterocycles. The van der Waals surface area contributed by atoms with Crippen molar-refractivity contribution in [3.05, 3.63) is 53.3 Å². The molecule has 1 N–H and O–H groups in total. The maximum Gasteiger partial charge on any atom is 0.153 e. The van der Waals surface area contributed by atoms with E-state index in [9.17, 15) is 14.3 Å². The number of phenolic OH excluding ortho intramolecular Hbond substituents is 1. The fraction of sp³-hybridized carbons (Fsp3) is 0.0714. The molecule has 0 amide bonds. The molecule has 4 heteroatoms. The normalized spacial score (nSPS) is 10.1. The summed E-state index contributed by atoms with van der Waals surface area (Å²) in [4.78, 5) is 10.8. The van der Waals surface area contributed by atoms with Crippen LogP contribution in [0.25, 0.3) is 0 Å². The summed E-state index contributed by atoms with van der Waals surface area (Å²) in [7, 11) is 0. The van der Waals surface area contributed by atoms with Crippen LogP contribution in [0.1, 0.15) is 15.9 Å². The summed E-state index contributed by atoms with van der Waals surface area (Å²) >= 11 is 0. The first-order chi connectivity index (χ1) is 8.60. The number of rotatable bonds is 3. The number of ether oxygens (including phenoxy) is 1. The fourth-order valence-corrected chi connectivity index (χ4v) is 1.55. The van der Waals surface area contributed by atoms with Gasteiger partial charge in [-0.3, -0.25) is 4.79 Å². The fourth-order valence-electron chi connectivity index (χ4n) is 1.55. The van der Waals surface area contributed by atoms with Crippen LogP contribution in [-0.4, -0.2) is 11.4 Å². The van der Waals surface area contributed by atoms with Gasteiger partial charge in [-0.25, -0.2) is 4.39 Å². The monoisotopic (exact) mass is 246 g/mol. The average Bonchev–Trinajstić information content (AvgIpc) is 2.33.